The molecular weight excluding hydrogens is 352 g/mol. The van der Waals surface area contributed by atoms with E-state index in [1.54, 1.807) is 55.4 Å². The first kappa shape index (κ1) is 22.8. The summed E-state index contributed by atoms with van der Waals surface area (Å²) < 4.78 is 0. The zero-order valence-corrected chi connectivity index (χ0v) is 18.5. The van der Waals surface area contributed by atoms with Gasteiger partial charge in [-0.1, -0.05) is 36.4 Å². The van der Waals surface area contributed by atoms with E-state index < -0.39 is 27.8 Å². The van der Waals surface area contributed by atoms with E-state index in [1.165, 1.54) is 0 Å². The average Bonchev–Trinajstić information content (AvgIpc) is 2.50. The van der Waals surface area contributed by atoms with Crippen LogP contribution < -0.4 is 0 Å². The zero-order chi connectivity index (χ0) is 21.8. The van der Waals surface area contributed by atoms with Crippen molar-refractivity contribution in [2.45, 2.75) is 89.6 Å². The van der Waals surface area contributed by atoms with Crippen molar-refractivity contribution in [2.24, 2.45) is 0 Å². The van der Waals surface area contributed by atoms with Crippen LogP contribution in [-0.4, -0.2) is 31.6 Å². The van der Waals surface area contributed by atoms with E-state index in [1.807, 2.05) is 36.4 Å². The molecule has 1 aliphatic rings. The van der Waals surface area contributed by atoms with Gasteiger partial charge >= 0.3 is 0 Å². The Hall–Kier alpha value is -1.46. The van der Waals surface area contributed by atoms with Gasteiger partial charge in [-0.25, -0.2) is 0 Å². The van der Waals surface area contributed by atoms with Crippen LogP contribution in [0.5, 0.6) is 0 Å². The van der Waals surface area contributed by atoms with Crippen LogP contribution in [0, 0.1) is 0 Å². The topological polar surface area (TPSA) is 80.9 Å². The number of allylic oxidation sites excluding steroid dienone is 1. The number of hydrogen-bond acceptors (Lipinski definition) is 4. The average molecular weight is 389 g/mol. The maximum Gasteiger partial charge on any atom is 0.0843 e. The zero-order valence-electron chi connectivity index (χ0n) is 18.5. The molecule has 0 saturated heterocycles. The summed E-state index contributed by atoms with van der Waals surface area (Å²) in [7, 11) is 0. The molecule has 1 aliphatic carbocycles. The molecule has 1 unspecified atom stereocenters. The minimum absolute atomic E-state index is 0.433. The van der Waals surface area contributed by atoms with Crippen LogP contribution in [0.2, 0.25) is 0 Å². The molecule has 4 heteroatoms. The molecule has 2 rings (SSSR count). The molecule has 0 saturated carbocycles. The van der Waals surface area contributed by atoms with Gasteiger partial charge in [-0.2, -0.15) is 0 Å². The van der Waals surface area contributed by atoms with Gasteiger partial charge in [0.05, 0.1) is 22.4 Å². The molecule has 1 aromatic rings. The highest BCUT2D eigenvalue weighted by Crippen LogP contribution is 2.50. The lowest BCUT2D eigenvalue weighted by molar-refractivity contribution is 0.00680. The molecule has 4 N–H and O–H groups in total. The van der Waals surface area contributed by atoms with Crippen molar-refractivity contribution in [3.05, 3.63) is 58.7 Å². The van der Waals surface area contributed by atoms with Crippen LogP contribution in [0.1, 0.15) is 78.5 Å². The Balaban J connectivity index is 2.88. The third-order valence-corrected chi connectivity index (χ3v) is 5.82. The lowest BCUT2D eigenvalue weighted by Crippen LogP contribution is -2.49. The number of rotatable bonds is 5. The fraction of sp³-hybridized carbons (Fsp3) is 0.583. The highest BCUT2D eigenvalue weighted by Gasteiger charge is 2.49. The van der Waals surface area contributed by atoms with Crippen molar-refractivity contribution < 1.29 is 20.4 Å². The minimum atomic E-state index is -1.19. The quantitative estimate of drug-likeness (QED) is 0.618. The highest BCUT2D eigenvalue weighted by molar-refractivity contribution is 5.53. The second kappa shape index (κ2) is 6.81. The van der Waals surface area contributed by atoms with Gasteiger partial charge in [-0.05, 0) is 84.1 Å². The summed E-state index contributed by atoms with van der Waals surface area (Å²) in [6, 6.07) is 5.52. The third kappa shape index (κ3) is 4.11. The summed E-state index contributed by atoms with van der Waals surface area (Å²) in [5.74, 6) is 0. The van der Waals surface area contributed by atoms with E-state index in [-0.39, 0.29) is 0 Å². The molecule has 0 fully saturated rings. The molecule has 0 amide bonds. The van der Waals surface area contributed by atoms with Gasteiger partial charge in [0.2, 0.25) is 0 Å². The first-order chi connectivity index (χ1) is 12.4. The Morgan fingerprint density at radius 1 is 0.750 bits per heavy atom. The molecule has 0 radical (unpaired) electrons. The minimum Gasteiger partial charge on any atom is -0.389 e. The predicted molar refractivity (Wildman–Crippen MR) is 113 cm³/mol. The number of hydrogen-bond donors (Lipinski definition) is 4. The monoisotopic (exact) mass is 388 g/mol. The van der Waals surface area contributed by atoms with E-state index in [2.05, 4.69) is 0 Å². The Morgan fingerprint density at radius 2 is 1.21 bits per heavy atom. The van der Waals surface area contributed by atoms with Crippen LogP contribution in [-0.2, 0) is 16.6 Å². The van der Waals surface area contributed by atoms with Crippen LogP contribution in [0.15, 0.2) is 42.0 Å². The molecule has 0 heterocycles. The maximum atomic E-state index is 11.3. The van der Waals surface area contributed by atoms with Gasteiger partial charge in [-0.15, -0.1) is 0 Å². The van der Waals surface area contributed by atoms with E-state index in [9.17, 15) is 20.4 Å². The van der Waals surface area contributed by atoms with E-state index in [0.29, 0.717) is 17.5 Å². The Kier molecular flexibility index (Phi) is 5.55. The number of benzene rings is 1. The van der Waals surface area contributed by atoms with Crippen molar-refractivity contribution >= 4 is 0 Å². The van der Waals surface area contributed by atoms with Crippen molar-refractivity contribution in [1.82, 2.24) is 0 Å². The van der Waals surface area contributed by atoms with Gasteiger partial charge in [0.1, 0.15) is 0 Å². The molecule has 1 atom stereocenters. The van der Waals surface area contributed by atoms with Gasteiger partial charge < -0.3 is 20.4 Å². The summed E-state index contributed by atoms with van der Waals surface area (Å²) in [6.45, 7) is 13.8. The molecule has 0 spiro atoms. The van der Waals surface area contributed by atoms with Crippen molar-refractivity contribution in [3.8, 4) is 0 Å². The van der Waals surface area contributed by atoms with Crippen LogP contribution in [0.4, 0.5) is 0 Å². The maximum absolute atomic E-state index is 11.3. The molecule has 0 bridgehead atoms. The van der Waals surface area contributed by atoms with E-state index in [4.69, 9.17) is 0 Å². The van der Waals surface area contributed by atoms with Crippen LogP contribution >= 0.6 is 0 Å². The standard InChI is InChI=1S/C24H36O4/c1-20(2,25)16-12-14-24(15-13-16,23(7,8)28)19-17(21(3,4)26)10-9-11-18(19)22(5,6)27/h9-14,25-28H,15H2,1-8H3. The molecular formula is C24H36O4. The van der Waals surface area contributed by atoms with Gasteiger partial charge in [0.25, 0.3) is 0 Å². The summed E-state index contributed by atoms with van der Waals surface area (Å²) in [5.41, 5.74) is -2.55. The Morgan fingerprint density at radius 3 is 1.50 bits per heavy atom. The lowest BCUT2D eigenvalue weighted by atomic mass is 9.59. The van der Waals surface area contributed by atoms with Gasteiger partial charge in [-0.3, -0.25) is 0 Å². The van der Waals surface area contributed by atoms with Crippen molar-refractivity contribution in [1.29, 1.82) is 0 Å². The normalized spacial score (nSPS) is 21.6. The van der Waals surface area contributed by atoms with Crippen molar-refractivity contribution in [3.63, 3.8) is 0 Å². The molecule has 156 valence electrons. The Labute approximate surface area is 169 Å². The molecule has 0 aromatic heterocycles. The van der Waals surface area contributed by atoms with Crippen LogP contribution in [0.25, 0.3) is 0 Å². The highest BCUT2D eigenvalue weighted by atomic mass is 16.3. The van der Waals surface area contributed by atoms with E-state index in [0.717, 1.165) is 11.1 Å². The first-order valence-corrected chi connectivity index (χ1v) is 9.85. The molecule has 1 aromatic carbocycles. The molecule has 4 nitrogen and oxygen atoms in total. The van der Waals surface area contributed by atoms with E-state index >= 15 is 0 Å². The second-order valence-corrected chi connectivity index (χ2v) is 10.1. The summed E-state index contributed by atoms with van der Waals surface area (Å²) >= 11 is 0. The van der Waals surface area contributed by atoms with Gasteiger partial charge in [0, 0.05) is 5.41 Å². The Bertz CT molecular complexity index is 758. The van der Waals surface area contributed by atoms with Crippen molar-refractivity contribution in [2.75, 3.05) is 0 Å². The fourth-order valence-corrected chi connectivity index (χ4v) is 4.09. The molecule has 0 aliphatic heterocycles. The smallest absolute Gasteiger partial charge is 0.0843 e. The first-order valence-electron chi connectivity index (χ1n) is 9.85. The predicted octanol–water partition coefficient (Wildman–Crippen LogP) is 3.81. The fourth-order valence-electron chi connectivity index (χ4n) is 4.09. The summed E-state index contributed by atoms with van der Waals surface area (Å²) in [6.07, 6.45) is 6.13. The largest absolute Gasteiger partial charge is 0.389 e. The summed E-state index contributed by atoms with van der Waals surface area (Å²) in [4.78, 5) is 0. The lowest BCUT2D eigenvalue weighted by Gasteiger charge is -2.47. The van der Waals surface area contributed by atoms with Gasteiger partial charge in [0.15, 0.2) is 0 Å². The van der Waals surface area contributed by atoms with Crippen LogP contribution in [0.3, 0.4) is 0 Å². The third-order valence-electron chi connectivity index (χ3n) is 5.82. The number of aliphatic hydroxyl groups is 4. The summed E-state index contributed by atoms with van der Waals surface area (Å²) in [5, 5.41) is 43.5. The SMILES string of the molecule is CC(C)(O)C1=CCC(c2c(C(C)(C)O)cccc2C(C)(C)O)(C(C)(C)O)C=C1. The molecule has 28 heavy (non-hydrogen) atoms. The second-order valence-electron chi connectivity index (χ2n) is 10.1.